The number of carboxylic acid groups (broad SMARTS) is 1. The van der Waals surface area contributed by atoms with Gasteiger partial charge in [-0.05, 0) is 50.2 Å². The molecule has 0 saturated carbocycles. The Kier molecular flexibility index (Phi) is 7.19. The molecule has 136 valence electrons. The quantitative estimate of drug-likeness (QED) is 0.580. The average molecular weight is 345 g/mol. The fourth-order valence-electron chi connectivity index (χ4n) is 3.23. The summed E-state index contributed by atoms with van der Waals surface area (Å²) in [6.45, 7) is 7.35. The second-order valence-electron chi connectivity index (χ2n) is 6.53. The Balaban J connectivity index is 1.84. The van der Waals surface area contributed by atoms with Gasteiger partial charge in [0, 0.05) is 13.1 Å². The number of carboxylic acids is 1. The minimum absolute atomic E-state index is 0.0356. The number of carbonyl (C=O) groups excluding carboxylic acids is 1. The number of benzene rings is 1. The normalized spacial score (nSPS) is 16.4. The van der Waals surface area contributed by atoms with Gasteiger partial charge in [-0.15, -0.1) is 6.58 Å². The van der Waals surface area contributed by atoms with Crippen LogP contribution < -0.4 is 0 Å². The monoisotopic (exact) mass is 345 g/mol. The van der Waals surface area contributed by atoms with E-state index < -0.39 is 12.1 Å². The van der Waals surface area contributed by atoms with Gasteiger partial charge in [-0.1, -0.05) is 24.3 Å². The zero-order chi connectivity index (χ0) is 18.2. The summed E-state index contributed by atoms with van der Waals surface area (Å²) in [6, 6.07) is 7.17. The van der Waals surface area contributed by atoms with E-state index in [0.29, 0.717) is 31.2 Å². The number of carbonyl (C=O) groups is 2. The Morgan fingerprint density at radius 2 is 2.04 bits per heavy atom. The van der Waals surface area contributed by atoms with Crippen LogP contribution in [0.2, 0.25) is 0 Å². The summed E-state index contributed by atoms with van der Waals surface area (Å²) in [4.78, 5) is 25.6. The fourth-order valence-corrected chi connectivity index (χ4v) is 3.23. The van der Waals surface area contributed by atoms with Crippen LogP contribution in [0.1, 0.15) is 42.1 Å². The van der Waals surface area contributed by atoms with Crippen LogP contribution in [0.4, 0.5) is 0 Å². The molecule has 2 rings (SSSR count). The van der Waals surface area contributed by atoms with Gasteiger partial charge in [-0.3, -0.25) is 4.79 Å². The van der Waals surface area contributed by atoms with Crippen molar-refractivity contribution >= 4 is 11.9 Å². The van der Waals surface area contributed by atoms with Crippen molar-refractivity contribution in [3.05, 3.63) is 48.0 Å². The molecule has 5 nitrogen and oxygen atoms in total. The van der Waals surface area contributed by atoms with Gasteiger partial charge in [0.25, 0.3) is 5.91 Å². The van der Waals surface area contributed by atoms with Crippen LogP contribution in [-0.2, 0) is 16.0 Å². The first kappa shape index (κ1) is 19.2. The zero-order valence-corrected chi connectivity index (χ0v) is 14.8. The number of likely N-dealkylation sites (tertiary alicyclic amines) is 1. The van der Waals surface area contributed by atoms with Crippen LogP contribution in [0.15, 0.2) is 36.9 Å². The molecule has 0 spiro atoms. The Morgan fingerprint density at radius 1 is 1.36 bits per heavy atom. The van der Waals surface area contributed by atoms with Crippen LogP contribution in [-0.4, -0.2) is 47.7 Å². The maximum absolute atomic E-state index is 12.4. The summed E-state index contributed by atoms with van der Waals surface area (Å²) in [5.41, 5.74) is 1.26. The third-order valence-corrected chi connectivity index (χ3v) is 4.72. The summed E-state index contributed by atoms with van der Waals surface area (Å²) < 4.78 is 5.53. The maximum atomic E-state index is 12.4. The highest BCUT2D eigenvalue weighted by atomic mass is 16.5. The molecule has 0 radical (unpaired) electrons. The molecule has 1 amide bonds. The lowest BCUT2D eigenvalue weighted by molar-refractivity contribution is -0.144. The molecule has 0 aromatic heterocycles. The molecule has 1 aliphatic heterocycles. The lowest BCUT2D eigenvalue weighted by atomic mass is 9.88. The summed E-state index contributed by atoms with van der Waals surface area (Å²) in [5.74, 6) is -0.441. The number of amides is 1. The number of piperidine rings is 1. The highest BCUT2D eigenvalue weighted by Crippen LogP contribution is 2.24. The first-order valence-corrected chi connectivity index (χ1v) is 8.85. The van der Waals surface area contributed by atoms with E-state index in [1.54, 1.807) is 25.1 Å². The number of hydrogen-bond donors (Lipinski definition) is 1. The molecule has 1 N–H and O–H groups in total. The smallest absolute Gasteiger partial charge is 0.335 e. The highest BCUT2D eigenvalue weighted by Gasteiger charge is 2.27. The second kappa shape index (κ2) is 9.37. The average Bonchev–Trinajstić information content (AvgIpc) is 2.62. The molecule has 1 aromatic carbocycles. The van der Waals surface area contributed by atoms with Crippen molar-refractivity contribution in [1.82, 2.24) is 4.90 Å². The molecule has 5 heteroatoms. The second-order valence-corrected chi connectivity index (χ2v) is 6.53. The SMILES string of the molecule is C=CCCOC(C)C(=O)N1CCC(Cc2ccccc2C(=O)O)CC1. The summed E-state index contributed by atoms with van der Waals surface area (Å²) in [6.07, 6.45) is 4.61. The van der Waals surface area contributed by atoms with Gasteiger partial charge in [-0.25, -0.2) is 4.79 Å². The summed E-state index contributed by atoms with van der Waals surface area (Å²) >= 11 is 0. The first-order valence-electron chi connectivity index (χ1n) is 8.85. The molecular formula is C20H27NO4. The van der Waals surface area contributed by atoms with Gasteiger partial charge >= 0.3 is 5.97 Å². The maximum Gasteiger partial charge on any atom is 0.335 e. The van der Waals surface area contributed by atoms with Crippen molar-refractivity contribution in [1.29, 1.82) is 0 Å². The van der Waals surface area contributed by atoms with E-state index in [4.69, 9.17) is 4.74 Å². The van der Waals surface area contributed by atoms with Crippen molar-refractivity contribution in [3.8, 4) is 0 Å². The van der Waals surface area contributed by atoms with E-state index in [0.717, 1.165) is 31.2 Å². The van der Waals surface area contributed by atoms with Crippen molar-refractivity contribution in [3.63, 3.8) is 0 Å². The minimum atomic E-state index is -0.881. The zero-order valence-electron chi connectivity index (χ0n) is 14.8. The van der Waals surface area contributed by atoms with Crippen LogP contribution in [0.5, 0.6) is 0 Å². The van der Waals surface area contributed by atoms with E-state index in [2.05, 4.69) is 6.58 Å². The molecule has 1 aromatic rings. The van der Waals surface area contributed by atoms with E-state index in [-0.39, 0.29) is 5.91 Å². The van der Waals surface area contributed by atoms with Crippen LogP contribution in [0.25, 0.3) is 0 Å². The molecular weight excluding hydrogens is 318 g/mol. The van der Waals surface area contributed by atoms with Gasteiger partial charge in [0.2, 0.25) is 0 Å². The summed E-state index contributed by atoms with van der Waals surface area (Å²) in [5, 5.41) is 9.29. The van der Waals surface area contributed by atoms with Gasteiger partial charge in [0.15, 0.2) is 0 Å². The van der Waals surface area contributed by atoms with E-state index in [1.165, 1.54) is 0 Å². The number of nitrogens with zero attached hydrogens (tertiary/aromatic N) is 1. The number of hydrogen-bond acceptors (Lipinski definition) is 3. The van der Waals surface area contributed by atoms with Crippen molar-refractivity contribution in [2.75, 3.05) is 19.7 Å². The van der Waals surface area contributed by atoms with Gasteiger partial charge in [0.05, 0.1) is 12.2 Å². The largest absolute Gasteiger partial charge is 0.478 e. The predicted octanol–water partition coefficient (Wildman–Crippen LogP) is 3.15. The lowest BCUT2D eigenvalue weighted by Crippen LogP contribution is -2.44. The molecule has 1 unspecified atom stereocenters. The Labute approximate surface area is 149 Å². The van der Waals surface area contributed by atoms with Crippen LogP contribution in [0.3, 0.4) is 0 Å². The topological polar surface area (TPSA) is 66.8 Å². The third-order valence-electron chi connectivity index (χ3n) is 4.72. The molecule has 1 saturated heterocycles. The number of rotatable bonds is 8. The van der Waals surface area contributed by atoms with E-state index >= 15 is 0 Å². The molecule has 0 bridgehead atoms. The van der Waals surface area contributed by atoms with E-state index in [1.807, 2.05) is 17.0 Å². The minimum Gasteiger partial charge on any atom is -0.478 e. The van der Waals surface area contributed by atoms with Gasteiger partial charge < -0.3 is 14.7 Å². The molecule has 0 aliphatic carbocycles. The van der Waals surface area contributed by atoms with Crippen molar-refractivity contribution < 1.29 is 19.4 Å². The van der Waals surface area contributed by atoms with Gasteiger partial charge in [0.1, 0.15) is 6.10 Å². The Morgan fingerprint density at radius 3 is 2.68 bits per heavy atom. The molecule has 1 aliphatic rings. The molecule has 25 heavy (non-hydrogen) atoms. The number of aromatic carboxylic acids is 1. The van der Waals surface area contributed by atoms with Crippen LogP contribution in [0, 0.1) is 5.92 Å². The first-order chi connectivity index (χ1) is 12.0. The Hall–Kier alpha value is -2.14. The Bertz CT molecular complexity index is 605. The molecule has 1 heterocycles. The molecule has 1 atom stereocenters. The van der Waals surface area contributed by atoms with Crippen molar-refractivity contribution in [2.45, 2.75) is 38.7 Å². The standard InChI is InChI=1S/C20H27NO4/c1-3-4-13-25-15(2)19(22)21-11-9-16(10-12-21)14-17-7-5-6-8-18(17)20(23)24/h3,5-8,15-16H,1,4,9-14H2,2H3,(H,23,24). The third kappa shape index (κ3) is 5.43. The van der Waals surface area contributed by atoms with Crippen molar-refractivity contribution in [2.24, 2.45) is 5.92 Å². The highest BCUT2D eigenvalue weighted by molar-refractivity contribution is 5.89. The number of ether oxygens (including phenoxy) is 1. The van der Waals surface area contributed by atoms with Crippen LogP contribution >= 0.6 is 0 Å². The molecule has 1 fully saturated rings. The predicted molar refractivity (Wildman–Crippen MR) is 96.6 cm³/mol. The fraction of sp³-hybridized carbons (Fsp3) is 0.500. The lowest BCUT2D eigenvalue weighted by Gasteiger charge is -2.33. The summed E-state index contributed by atoms with van der Waals surface area (Å²) in [7, 11) is 0. The van der Waals surface area contributed by atoms with Gasteiger partial charge in [-0.2, -0.15) is 0 Å². The van der Waals surface area contributed by atoms with E-state index in [9.17, 15) is 14.7 Å².